The number of rotatable bonds is 4. The number of benzene rings is 1. The molecule has 3 amide bonds. The van der Waals surface area contributed by atoms with Gasteiger partial charge in [-0.3, -0.25) is 24.1 Å². The zero-order valence-corrected chi connectivity index (χ0v) is 11.5. The van der Waals surface area contributed by atoms with Gasteiger partial charge in [0.15, 0.2) is 0 Å². The molecule has 1 atom stereocenters. The Labute approximate surface area is 120 Å². The number of aliphatic carboxylic acids is 1. The standard InChI is InChI=1S/C14H14N2O5/c1-7-3-4-9-10(5-7)13(19)16(12(9)18)6-11(17)15-8(2)14(20)21/h3-5,8H,6H2,1-2H3,(H,15,17)(H,20,21). The number of carbonyl (C=O) groups excluding carboxylic acids is 3. The molecule has 1 aromatic rings. The number of carbonyl (C=O) groups is 4. The van der Waals surface area contributed by atoms with Crippen molar-refractivity contribution in [1.82, 2.24) is 10.2 Å². The maximum absolute atomic E-state index is 12.1. The molecule has 1 aliphatic heterocycles. The van der Waals surface area contributed by atoms with Crippen LogP contribution in [0.25, 0.3) is 0 Å². The van der Waals surface area contributed by atoms with Crippen molar-refractivity contribution < 1.29 is 24.3 Å². The fourth-order valence-electron chi connectivity index (χ4n) is 2.04. The summed E-state index contributed by atoms with van der Waals surface area (Å²) >= 11 is 0. The Morgan fingerprint density at radius 3 is 2.48 bits per heavy atom. The van der Waals surface area contributed by atoms with Gasteiger partial charge in [-0.1, -0.05) is 11.6 Å². The maximum atomic E-state index is 12.1. The smallest absolute Gasteiger partial charge is 0.325 e. The van der Waals surface area contributed by atoms with Gasteiger partial charge in [0.1, 0.15) is 12.6 Å². The summed E-state index contributed by atoms with van der Waals surface area (Å²) in [7, 11) is 0. The molecule has 0 saturated carbocycles. The molecule has 1 heterocycles. The lowest BCUT2D eigenvalue weighted by atomic mass is 10.1. The molecule has 2 rings (SSSR count). The van der Waals surface area contributed by atoms with Crippen molar-refractivity contribution in [2.45, 2.75) is 19.9 Å². The highest BCUT2D eigenvalue weighted by molar-refractivity contribution is 6.22. The van der Waals surface area contributed by atoms with Crippen LogP contribution in [-0.4, -0.2) is 46.3 Å². The zero-order valence-electron chi connectivity index (χ0n) is 11.5. The van der Waals surface area contributed by atoms with Crippen LogP contribution in [0, 0.1) is 6.92 Å². The van der Waals surface area contributed by atoms with Crippen molar-refractivity contribution in [2.75, 3.05) is 6.54 Å². The van der Waals surface area contributed by atoms with Crippen LogP contribution in [0.4, 0.5) is 0 Å². The molecule has 7 nitrogen and oxygen atoms in total. The minimum atomic E-state index is -1.19. The van der Waals surface area contributed by atoms with Gasteiger partial charge in [-0.15, -0.1) is 0 Å². The predicted molar refractivity (Wildman–Crippen MR) is 71.8 cm³/mol. The summed E-state index contributed by atoms with van der Waals surface area (Å²) in [6, 6.07) is 3.76. The third kappa shape index (κ3) is 2.76. The molecule has 0 bridgehead atoms. The fourth-order valence-corrected chi connectivity index (χ4v) is 2.04. The molecule has 1 aliphatic rings. The quantitative estimate of drug-likeness (QED) is 0.770. The highest BCUT2D eigenvalue weighted by Gasteiger charge is 2.36. The van der Waals surface area contributed by atoms with E-state index in [2.05, 4.69) is 5.32 Å². The SMILES string of the molecule is Cc1ccc2c(c1)C(=O)N(CC(=O)NC(C)C(=O)O)C2=O. The van der Waals surface area contributed by atoms with Crippen LogP contribution in [0.3, 0.4) is 0 Å². The molecular formula is C14H14N2O5. The number of imide groups is 1. The van der Waals surface area contributed by atoms with Gasteiger partial charge in [0.2, 0.25) is 5.91 Å². The normalized spacial score (nSPS) is 14.9. The van der Waals surface area contributed by atoms with Gasteiger partial charge in [0.25, 0.3) is 11.8 Å². The molecule has 0 fully saturated rings. The van der Waals surface area contributed by atoms with E-state index in [1.807, 2.05) is 0 Å². The lowest BCUT2D eigenvalue weighted by Gasteiger charge is -2.15. The number of carboxylic acid groups (broad SMARTS) is 1. The molecule has 1 aromatic carbocycles. The van der Waals surface area contributed by atoms with E-state index >= 15 is 0 Å². The molecule has 2 N–H and O–H groups in total. The fraction of sp³-hybridized carbons (Fsp3) is 0.286. The Balaban J connectivity index is 2.13. The van der Waals surface area contributed by atoms with Gasteiger partial charge < -0.3 is 10.4 Å². The summed E-state index contributed by atoms with van der Waals surface area (Å²) in [4.78, 5) is 47.4. The molecule has 0 saturated heterocycles. The van der Waals surface area contributed by atoms with Gasteiger partial charge in [0.05, 0.1) is 11.1 Å². The Kier molecular flexibility index (Phi) is 3.75. The highest BCUT2D eigenvalue weighted by atomic mass is 16.4. The first-order valence-corrected chi connectivity index (χ1v) is 6.30. The van der Waals surface area contributed by atoms with Gasteiger partial charge in [-0.05, 0) is 26.0 Å². The minimum absolute atomic E-state index is 0.254. The van der Waals surface area contributed by atoms with Crippen molar-refractivity contribution >= 4 is 23.7 Å². The summed E-state index contributed by atoms with van der Waals surface area (Å²) < 4.78 is 0. The van der Waals surface area contributed by atoms with Gasteiger partial charge in [-0.25, -0.2) is 0 Å². The first-order chi connectivity index (χ1) is 9.81. The van der Waals surface area contributed by atoms with Crippen molar-refractivity contribution in [3.8, 4) is 0 Å². The second-order valence-electron chi connectivity index (χ2n) is 4.87. The Bertz CT molecular complexity index is 653. The lowest BCUT2D eigenvalue weighted by molar-refractivity contribution is -0.141. The van der Waals surface area contributed by atoms with Crippen LogP contribution in [0.2, 0.25) is 0 Å². The highest BCUT2D eigenvalue weighted by Crippen LogP contribution is 2.23. The molecular weight excluding hydrogens is 276 g/mol. The summed E-state index contributed by atoms with van der Waals surface area (Å²) in [6.45, 7) is 2.59. The summed E-state index contributed by atoms with van der Waals surface area (Å²) in [5.41, 5.74) is 1.35. The maximum Gasteiger partial charge on any atom is 0.325 e. The zero-order chi connectivity index (χ0) is 15.7. The van der Waals surface area contributed by atoms with Crippen LogP contribution in [-0.2, 0) is 9.59 Å². The molecule has 0 radical (unpaired) electrons. The number of amides is 3. The molecule has 110 valence electrons. The van der Waals surface area contributed by atoms with Gasteiger partial charge in [0, 0.05) is 0 Å². The molecule has 0 aromatic heterocycles. The lowest BCUT2D eigenvalue weighted by Crippen LogP contribution is -2.45. The van der Waals surface area contributed by atoms with E-state index in [9.17, 15) is 19.2 Å². The average molecular weight is 290 g/mol. The average Bonchev–Trinajstić information content (AvgIpc) is 2.63. The van der Waals surface area contributed by atoms with Crippen molar-refractivity contribution in [1.29, 1.82) is 0 Å². The van der Waals surface area contributed by atoms with Crippen LogP contribution in [0.15, 0.2) is 18.2 Å². The van der Waals surface area contributed by atoms with Crippen molar-refractivity contribution in [3.05, 3.63) is 34.9 Å². The molecule has 21 heavy (non-hydrogen) atoms. The monoisotopic (exact) mass is 290 g/mol. The first kappa shape index (κ1) is 14.7. The van der Waals surface area contributed by atoms with Crippen LogP contribution in [0.1, 0.15) is 33.2 Å². The van der Waals surface area contributed by atoms with Crippen molar-refractivity contribution in [2.24, 2.45) is 0 Å². The Hall–Kier alpha value is -2.70. The van der Waals surface area contributed by atoms with Crippen LogP contribution < -0.4 is 5.32 Å². The predicted octanol–water partition coefficient (Wildman–Crippen LogP) is 0.180. The van der Waals surface area contributed by atoms with E-state index < -0.39 is 36.3 Å². The third-order valence-corrected chi connectivity index (χ3v) is 3.18. The van der Waals surface area contributed by atoms with Crippen molar-refractivity contribution in [3.63, 3.8) is 0 Å². The molecule has 1 unspecified atom stereocenters. The van der Waals surface area contributed by atoms with E-state index in [1.165, 1.54) is 6.92 Å². The first-order valence-electron chi connectivity index (χ1n) is 6.30. The Morgan fingerprint density at radius 1 is 1.24 bits per heavy atom. The molecule has 0 aliphatic carbocycles. The minimum Gasteiger partial charge on any atom is -0.480 e. The van der Waals surface area contributed by atoms with E-state index in [-0.39, 0.29) is 11.1 Å². The molecule has 7 heteroatoms. The summed E-state index contributed by atoms with van der Waals surface area (Å²) in [5, 5.41) is 10.9. The van der Waals surface area contributed by atoms with E-state index in [1.54, 1.807) is 25.1 Å². The van der Waals surface area contributed by atoms with Crippen LogP contribution in [0.5, 0.6) is 0 Å². The number of carboxylic acids is 1. The largest absolute Gasteiger partial charge is 0.480 e. The third-order valence-electron chi connectivity index (χ3n) is 3.18. The number of nitrogens with zero attached hydrogens (tertiary/aromatic N) is 1. The van der Waals surface area contributed by atoms with Crippen LogP contribution >= 0.6 is 0 Å². The van der Waals surface area contributed by atoms with Gasteiger partial charge >= 0.3 is 5.97 Å². The van der Waals surface area contributed by atoms with Gasteiger partial charge in [-0.2, -0.15) is 0 Å². The van der Waals surface area contributed by atoms with E-state index in [0.29, 0.717) is 0 Å². The summed E-state index contributed by atoms with van der Waals surface area (Å²) in [6.07, 6.45) is 0. The number of aryl methyl sites for hydroxylation is 1. The summed E-state index contributed by atoms with van der Waals surface area (Å²) in [5.74, 6) is -2.98. The number of hydrogen-bond acceptors (Lipinski definition) is 4. The van der Waals surface area contributed by atoms with E-state index in [4.69, 9.17) is 5.11 Å². The Morgan fingerprint density at radius 2 is 1.86 bits per heavy atom. The number of hydrogen-bond donors (Lipinski definition) is 2. The second kappa shape index (κ2) is 5.35. The number of nitrogens with one attached hydrogen (secondary N) is 1. The second-order valence-corrected chi connectivity index (χ2v) is 4.87. The van der Waals surface area contributed by atoms with E-state index in [0.717, 1.165) is 10.5 Å². The number of fused-ring (bicyclic) bond motifs is 1. The molecule has 0 spiro atoms. The topological polar surface area (TPSA) is 104 Å².